The molecule has 0 radical (unpaired) electrons. The minimum absolute atomic E-state index is 0.0387. The fourth-order valence-corrected chi connectivity index (χ4v) is 2.75. The van der Waals surface area contributed by atoms with E-state index >= 15 is 0 Å². The Labute approximate surface area is 125 Å². The predicted octanol–water partition coefficient (Wildman–Crippen LogP) is 2.86. The number of benzene rings is 1. The molecule has 1 aliphatic heterocycles. The van der Waals surface area contributed by atoms with Crippen molar-refractivity contribution in [3.8, 4) is 0 Å². The molecule has 0 saturated heterocycles. The van der Waals surface area contributed by atoms with Crippen LogP contribution in [0.3, 0.4) is 0 Å². The summed E-state index contributed by atoms with van der Waals surface area (Å²) in [6.07, 6.45) is 5.57. The summed E-state index contributed by atoms with van der Waals surface area (Å²) in [4.78, 5) is 25.9. The molecule has 0 fully saturated rings. The molecule has 1 aromatic carbocycles. The molecule has 112 valence electrons. The third kappa shape index (κ3) is 3.51. The standard InChI is InChI=1S/C17H21NO3/c1-3-7-14-12-15(19)10-11-18(14)16(17(20)21-2)13-8-5-4-6-9-13/h4-6,8-11,14,16H,3,7,12H2,1-2H3/t14-,16+/m1/s1. The summed E-state index contributed by atoms with van der Waals surface area (Å²) in [5, 5.41) is 0. The first kappa shape index (κ1) is 15.3. The van der Waals surface area contributed by atoms with Crippen LogP contribution in [0.5, 0.6) is 0 Å². The quantitative estimate of drug-likeness (QED) is 0.781. The van der Waals surface area contributed by atoms with Crippen molar-refractivity contribution in [2.45, 2.75) is 38.3 Å². The van der Waals surface area contributed by atoms with Gasteiger partial charge >= 0.3 is 5.97 Å². The van der Waals surface area contributed by atoms with Crippen molar-refractivity contribution >= 4 is 11.8 Å². The van der Waals surface area contributed by atoms with Crippen LogP contribution in [0.2, 0.25) is 0 Å². The number of esters is 1. The van der Waals surface area contributed by atoms with E-state index in [4.69, 9.17) is 4.74 Å². The molecule has 0 bridgehead atoms. The minimum atomic E-state index is -0.503. The van der Waals surface area contributed by atoms with Crippen LogP contribution in [0.4, 0.5) is 0 Å². The number of ketones is 1. The van der Waals surface area contributed by atoms with Gasteiger partial charge in [-0.2, -0.15) is 0 Å². The van der Waals surface area contributed by atoms with Gasteiger partial charge < -0.3 is 9.64 Å². The number of hydrogen-bond donors (Lipinski definition) is 0. The molecule has 0 amide bonds. The van der Waals surface area contributed by atoms with Crippen LogP contribution in [0.1, 0.15) is 37.8 Å². The molecule has 1 heterocycles. The lowest BCUT2D eigenvalue weighted by Crippen LogP contribution is -2.41. The SMILES string of the molecule is CCC[C@@H]1CC(=O)C=CN1[C@H](C(=O)OC)c1ccccc1. The third-order valence-corrected chi connectivity index (χ3v) is 3.75. The van der Waals surface area contributed by atoms with E-state index in [9.17, 15) is 9.59 Å². The Hall–Kier alpha value is -2.10. The van der Waals surface area contributed by atoms with Gasteiger partial charge in [0.1, 0.15) is 0 Å². The molecular formula is C17H21NO3. The number of allylic oxidation sites excluding steroid dienone is 1. The normalized spacial score (nSPS) is 19.4. The van der Waals surface area contributed by atoms with Crippen molar-refractivity contribution in [1.82, 2.24) is 4.90 Å². The van der Waals surface area contributed by atoms with Gasteiger partial charge in [0.2, 0.25) is 0 Å². The van der Waals surface area contributed by atoms with E-state index in [1.54, 1.807) is 12.3 Å². The van der Waals surface area contributed by atoms with Crippen molar-refractivity contribution in [2.75, 3.05) is 7.11 Å². The summed E-state index contributed by atoms with van der Waals surface area (Å²) in [6, 6.07) is 9.08. The molecule has 0 aliphatic carbocycles. The van der Waals surface area contributed by atoms with Crippen LogP contribution in [0.25, 0.3) is 0 Å². The number of nitrogens with zero attached hydrogens (tertiary/aromatic N) is 1. The predicted molar refractivity (Wildman–Crippen MR) is 80.5 cm³/mol. The van der Waals surface area contributed by atoms with Crippen LogP contribution in [-0.4, -0.2) is 29.8 Å². The van der Waals surface area contributed by atoms with Crippen LogP contribution in [0.15, 0.2) is 42.6 Å². The number of carbonyl (C=O) groups excluding carboxylic acids is 2. The number of ether oxygens (including phenoxy) is 1. The zero-order valence-electron chi connectivity index (χ0n) is 12.5. The van der Waals surface area contributed by atoms with Gasteiger partial charge in [-0.1, -0.05) is 43.7 Å². The third-order valence-electron chi connectivity index (χ3n) is 3.75. The van der Waals surface area contributed by atoms with Gasteiger partial charge in [0.15, 0.2) is 11.8 Å². The number of hydrogen-bond acceptors (Lipinski definition) is 4. The van der Waals surface area contributed by atoms with Crippen molar-refractivity contribution in [3.05, 3.63) is 48.2 Å². The molecule has 4 heteroatoms. The van der Waals surface area contributed by atoms with Gasteiger partial charge in [0.05, 0.1) is 7.11 Å². The number of rotatable bonds is 5. The maximum absolute atomic E-state index is 12.3. The van der Waals surface area contributed by atoms with Crippen LogP contribution >= 0.6 is 0 Å². The fraction of sp³-hybridized carbons (Fsp3) is 0.412. The summed E-state index contributed by atoms with van der Waals surface area (Å²) in [5.74, 6) is -0.192. The summed E-state index contributed by atoms with van der Waals surface area (Å²) >= 11 is 0. The molecule has 21 heavy (non-hydrogen) atoms. The molecule has 0 aromatic heterocycles. The van der Waals surface area contributed by atoms with Crippen molar-refractivity contribution < 1.29 is 14.3 Å². The molecule has 4 nitrogen and oxygen atoms in total. The molecule has 1 aromatic rings. The fourth-order valence-electron chi connectivity index (χ4n) is 2.75. The average molecular weight is 287 g/mol. The molecule has 0 N–H and O–H groups in total. The molecule has 0 saturated carbocycles. The van der Waals surface area contributed by atoms with Crippen LogP contribution in [-0.2, 0) is 14.3 Å². The Morgan fingerprint density at radius 1 is 1.38 bits per heavy atom. The Kier molecular flexibility index (Phi) is 5.14. The number of methoxy groups -OCH3 is 1. The Balaban J connectivity index is 2.37. The highest BCUT2D eigenvalue weighted by atomic mass is 16.5. The zero-order chi connectivity index (χ0) is 15.2. The smallest absolute Gasteiger partial charge is 0.333 e. The zero-order valence-corrected chi connectivity index (χ0v) is 12.5. The van der Waals surface area contributed by atoms with E-state index in [0.717, 1.165) is 18.4 Å². The highest BCUT2D eigenvalue weighted by Gasteiger charge is 2.33. The molecular weight excluding hydrogens is 266 g/mol. The van der Waals surface area contributed by atoms with Crippen LogP contribution in [0, 0.1) is 0 Å². The maximum Gasteiger partial charge on any atom is 0.333 e. The number of carbonyl (C=O) groups is 2. The lowest BCUT2D eigenvalue weighted by atomic mass is 9.96. The second kappa shape index (κ2) is 7.07. The maximum atomic E-state index is 12.3. The topological polar surface area (TPSA) is 46.6 Å². The summed E-state index contributed by atoms with van der Waals surface area (Å²) in [5.41, 5.74) is 0.879. The molecule has 1 aliphatic rings. The monoisotopic (exact) mass is 287 g/mol. The van der Waals surface area contributed by atoms with E-state index < -0.39 is 6.04 Å². The Morgan fingerprint density at radius 3 is 2.71 bits per heavy atom. The lowest BCUT2D eigenvalue weighted by Gasteiger charge is -2.37. The highest BCUT2D eigenvalue weighted by molar-refractivity contribution is 5.91. The summed E-state index contributed by atoms with van der Waals surface area (Å²) < 4.78 is 4.97. The van der Waals surface area contributed by atoms with Gasteiger partial charge in [-0.3, -0.25) is 4.79 Å². The first-order valence-electron chi connectivity index (χ1n) is 7.28. The van der Waals surface area contributed by atoms with Gasteiger partial charge in [-0.05, 0) is 18.1 Å². The van der Waals surface area contributed by atoms with Crippen molar-refractivity contribution in [2.24, 2.45) is 0 Å². The molecule has 0 spiro atoms. The lowest BCUT2D eigenvalue weighted by molar-refractivity contribution is -0.147. The largest absolute Gasteiger partial charge is 0.467 e. The molecule has 2 atom stereocenters. The summed E-state index contributed by atoms with van der Waals surface area (Å²) in [6.45, 7) is 2.08. The first-order valence-corrected chi connectivity index (χ1v) is 7.28. The van der Waals surface area contributed by atoms with E-state index in [2.05, 4.69) is 6.92 Å². The van der Waals surface area contributed by atoms with Gasteiger partial charge in [0.25, 0.3) is 0 Å². The Morgan fingerprint density at radius 2 is 2.10 bits per heavy atom. The van der Waals surface area contributed by atoms with Crippen molar-refractivity contribution in [3.63, 3.8) is 0 Å². The first-order chi connectivity index (χ1) is 10.2. The van der Waals surface area contributed by atoms with E-state index in [0.29, 0.717) is 6.42 Å². The van der Waals surface area contributed by atoms with Crippen molar-refractivity contribution in [1.29, 1.82) is 0 Å². The van der Waals surface area contributed by atoms with E-state index in [1.165, 1.54) is 7.11 Å². The van der Waals surface area contributed by atoms with Gasteiger partial charge in [-0.15, -0.1) is 0 Å². The second-order valence-electron chi connectivity index (χ2n) is 5.21. The Bertz CT molecular complexity index is 524. The van der Waals surface area contributed by atoms with Gasteiger partial charge in [-0.25, -0.2) is 4.79 Å². The average Bonchev–Trinajstić information content (AvgIpc) is 2.51. The minimum Gasteiger partial charge on any atom is -0.467 e. The summed E-state index contributed by atoms with van der Waals surface area (Å²) in [7, 11) is 1.39. The molecule has 2 rings (SSSR count). The van der Waals surface area contributed by atoms with E-state index in [-0.39, 0.29) is 17.8 Å². The molecule has 0 unspecified atom stereocenters. The van der Waals surface area contributed by atoms with Gasteiger partial charge in [0, 0.05) is 18.7 Å². The van der Waals surface area contributed by atoms with E-state index in [1.807, 2.05) is 35.2 Å². The highest BCUT2D eigenvalue weighted by Crippen LogP contribution is 2.30. The second-order valence-corrected chi connectivity index (χ2v) is 5.21. The van der Waals surface area contributed by atoms with Crippen LogP contribution < -0.4 is 0 Å².